The molecule has 0 fully saturated rings. The number of amides is 2. The summed E-state index contributed by atoms with van der Waals surface area (Å²) in [4.78, 5) is 40.0. The minimum absolute atomic E-state index is 0.159. The van der Waals surface area contributed by atoms with Crippen LogP contribution in [-0.4, -0.2) is 60.8 Å². The van der Waals surface area contributed by atoms with Gasteiger partial charge < -0.3 is 27.4 Å². The maximum Gasteiger partial charge on any atom is 0.238 e. The average molecular weight is 565 g/mol. The van der Waals surface area contributed by atoms with E-state index in [0.717, 1.165) is 11.1 Å². The Morgan fingerprint density at radius 2 is 1.64 bits per heavy atom. The van der Waals surface area contributed by atoms with Gasteiger partial charge in [-0.1, -0.05) is 36.4 Å². The van der Waals surface area contributed by atoms with E-state index in [9.17, 15) is 18.8 Å². The predicted molar refractivity (Wildman–Crippen MR) is 141 cm³/mol. The van der Waals surface area contributed by atoms with Gasteiger partial charge in [0.1, 0.15) is 5.82 Å². The molecule has 0 aliphatic rings. The summed E-state index contributed by atoms with van der Waals surface area (Å²) < 4.78 is 13.8. The number of carbonyl (C=O) groups is 3. The van der Waals surface area contributed by atoms with Gasteiger partial charge in [0, 0.05) is 32.6 Å². The number of nitrogens with zero attached hydrogens (tertiary/aromatic N) is 1. The summed E-state index contributed by atoms with van der Waals surface area (Å²) in [5, 5.41) is 2.75. The molecule has 2 amide bonds. The first kappa shape index (κ1) is 29.6. The number of Topliss-reactive ketones (excluding diaryl/α,β-unsaturated/α-hetero) is 1. The molecule has 0 saturated heterocycles. The van der Waals surface area contributed by atoms with Crippen molar-refractivity contribution in [3.63, 3.8) is 0 Å². The van der Waals surface area contributed by atoms with Crippen molar-refractivity contribution in [3.8, 4) is 0 Å². The molecule has 0 bridgehead atoms. The molecule has 36 heavy (non-hydrogen) atoms. The van der Waals surface area contributed by atoms with Gasteiger partial charge >= 0.3 is 0 Å². The number of rotatable bonds is 15. The minimum Gasteiger partial charge on any atom is -0.345 e. The lowest BCUT2D eigenvalue weighted by Gasteiger charge is -2.24. The molecular weight excluding hydrogens is 529 g/mol. The third-order valence-electron chi connectivity index (χ3n) is 5.80. The first-order valence-electron chi connectivity index (χ1n) is 12.0. The number of hydrogen-bond acceptors (Lipinski definition) is 6. The molecule has 10 heteroatoms. The van der Waals surface area contributed by atoms with Crippen LogP contribution in [0, 0.1) is 5.82 Å². The van der Waals surface area contributed by atoms with Crippen LogP contribution in [0.25, 0.3) is 0 Å². The van der Waals surface area contributed by atoms with Crippen LogP contribution < -0.4 is 22.5 Å². The van der Waals surface area contributed by atoms with E-state index in [0.29, 0.717) is 36.8 Å². The number of hydrogen-bond donors (Lipinski definition) is 4. The van der Waals surface area contributed by atoms with E-state index in [-0.39, 0.29) is 43.4 Å². The number of ketones is 1. The second kappa shape index (κ2) is 15.5. The molecule has 0 aromatic heterocycles. The van der Waals surface area contributed by atoms with Crippen molar-refractivity contribution in [2.24, 2.45) is 17.2 Å². The summed E-state index contributed by atoms with van der Waals surface area (Å²) in [5.41, 5.74) is 19.0. The lowest BCUT2D eigenvalue weighted by molar-refractivity contribution is -0.135. The van der Waals surface area contributed by atoms with Crippen LogP contribution in [0.4, 0.5) is 4.39 Å². The van der Waals surface area contributed by atoms with Crippen LogP contribution >= 0.6 is 15.9 Å². The number of nitrogens with two attached hydrogens (primary N) is 3. The van der Waals surface area contributed by atoms with Crippen LogP contribution in [0.1, 0.15) is 30.4 Å². The number of carbonyl (C=O) groups excluding carboxylic acids is 3. The lowest BCUT2D eigenvalue weighted by Crippen LogP contribution is -2.51. The zero-order valence-electron chi connectivity index (χ0n) is 20.3. The van der Waals surface area contributed by atoms with E-state index in [1.54, 1.807) is 12.1 Å². The normalized spacial score (nSPS) is 12.6. The number of benzene rings is 2. The fourth-order valence-corrected chi connectivity index (χ4v) is 4.19. The summed E-state index contributed by atoms with van der Waals surface area (Å²) in [6.45, 7) is 1.19. The number of nitrogens with one attached hydrogen (secondary N) is 1. The first-order chi connectivity index (χ1) is 17.2. The Labute approximate surface area is 219 Å². The van der Waals surface area contributed by atoms with Gasteiger partial charge in [0.05, 0.1) is 23.0 Å². The molecule has 0 radical (unpaired) electrons. The van der Waals surface area contributed by atoms with Gasteiger partial charge in [-0.2, -0.15) is 0 Å². The fourth-order valence-electron chi connectivity index (χ4n) is 3.77. The number of aryl methyl sites for hydroxylation is 2. The summed E-state index contributed by atoms with van der Waals surface area (Å²) in [6.07, 6.45) is 1.30. The average Bonchev–Trinajstić information content (AvgIpc) is 2.87. The van der Waals surface area contributed by atoms with Crippen molar-refractivity contribution >= 4 is 33.5 Å². The Bertz CT molecular complexity index is 1000. The highest BCUT2D eigenvalue weighted by molar-refractivity contribution is 9.10. The third kappa shape index (κ3) is 9.77. The lowest BCUT2D eigenvalue weighted by atomic mass is 9.97. The highest BCUT2D eigenvalue weighted by Crippen LogP contribution is 2.18. The maximum absolute atomic E-state index is 13.5. The van der Waals surface area contributed by atoms with Gasteiger partial charge in [-0.25, -0.2) is 4.39 Å². The van der Waals surface area contributed by atoms with Gasteiger partial charge in [-0.15, -0.1) is 0 Å². The van der Waals surface area contributed by atoms with Crippen molar-refractivity contribution in [2.75, 3.05) is 26.2 Å². The summed E-state index contributed by atoms with van der Waals surface area (Å²) in [6, 6.07) is 12.3. The van der Waals surface area contributed by atoms with Gasteiger partial charge in [-0.3, -0.25) is 14.4 Å². The van der Waals surface area contributed by atoms with Crippen LogP contribution in [0.5, 0.6) is 0 Å². The molecule has 0 saturated carbocycles. The summed E-state index contributed by atoms with van der Waals surface area (Å²) in [7, 11) is 0. The quantitative estimate of drug-likeness (QED) is 0.259. The SMILES string of the molecule is NCCN(CCN)C(=O)C[C@H](N)C(=O)N[C@@H](CCc1ccccc1)C(=O)CCc1ccc(F)c(Br)c1. The molecule has 0 aliphatic carbocycles. The molecule has 196 valence electrons. The Kier molecular flexibility index (Phi) is 12.7. The van der Waals surface area contributed by atoms with Crippen molar-refractivity contribution < 1.29 is 18.8 Å². The summed E-state index contributed by atoms with van der Waals surface area (Å²) >= 11 is 3.15. The maximum atomic E-state index is 13.5. The Morgan fingerprint density at radius 3 is 2.25 bits per heavy atom. The predicted octanol–water partition coefficient (Wildman–Crippen LogP) is 1.67. The molecule has 0 unspecified atom stereocenters. The molecule has 0 heterocycles. The Balaban J connectivity index is 2.04. The van der Waals surface area contributed by atoms with Crippen LogP contribution in [-0.2, 0) is 27.2 Å². The smallest absolute Gasteiger partial charge is 0.238 e. The first-order valence-corrected chi connectivity index (χ1v) is 12.8. The fraction of sp³-hybridized carbons (Fsp3) is 0.423. The molecule has 2 aromatic rings. The molecule has 2 rings (SSSR count). The van der Waals surface area contributed by atoms with Crippen molar-refractivity contribution in [2.45, 2.75) is 44.2 Å². The molecule has 2 aromatic carbocycles. The second-order valence-electron chi connectivity index (χ2n) is 8.57. The van der Waals surface area contributed by atoms with Gasteiger partial charge in [0.25, 0.3) is 0 Å². The standard InChI is InChI=1S/C26H35BrFN5O3/c27-20-16-19(6-9-21(20)28)8-11-24(34)23(10-7-18-4-2-1-3-5-18)32-26(36)22(31)17-25(35)33(14-12-29)15-13-30/h1-6,9,16,22-23H,7-8,10-15,17,29-31H2,(H,32,36)/t22-,23-/m0/s1. The van der Waals surface area contributed by atoms with E-state index < -0.39 is 18.0 Å². The number of halogens is 2. The van der Waals surface area contributed by atoms with Crippen LogP contribution in [0.15, 0.2) is 53.0 Å². The van der Waals surface area contributed by atoms with Crippen molar-refractivity contribution in [1.29, 1.82) is 0 Å². The highest BCUT2D eigenvalue weighted by atomic mass is 79.9. The zero-order valence-corrected chi connectivity index (χ0v) is 21.9. The van der Waals surface area contributed by atoms with Crippen molar-refractivity contribution in [1.82, 2.24) is 10.2 Å². The largest absolute Gasteiger partial charge is 0.345 e. The molecule has 7 N–H and O–H groups in total. The van der Waals surface area contributed by atoms with Crippen molar-refractivity contribution in [3.05, 3.63) is 69.9 Å². The minimum atomic E-state index is -1.12. The van der Waals surface area contributed by atoms with E-state index in [1.165, 1.54) is 11.0 Å². The molecule has 0 aliphatic heterocycles. The van der Waals surface area contributed by atoms with Gasteiger partial charge in [-0.05, 0) is 58.5 Å². The van der Waals surface area contributed by atoms with E-state index in [1.807, 2.05) is 30.3 Å². The molecular formula is C26H35BrFN5O3. The van der Waals surface area contributed by atoms with E-state index in [4.69, 9.17) is 17.2 Å². The van der Waals surface area contributed by atoms with Gasteiger partial charge in [0.15, 0.2) is 5.78 Å². The Hall–Kier alpha value is -2.66. The zero-order chi connectivity index (χ0) is 26.5. The van der Waals surface area contributed by atoms with Gasteiger partial charge in [0.2, 0.25) is 11.8 Å². The van der Waals surface area contributed by atoms with Crippen LogP contribution in [0.3, 0.4) is 0 Å². The third-order valence-corrected chi connectivity index (χ3v) is 6.40. The summed E-state index contributed by atoms with van der Waals surface area (Å²) in [5.74, 6) is -1.42. The van der Waals surface area contributed by atoms with E-state index >= 15 is 0 Å². The molecule has 8 nitrogen and oxygen atoms in total. The molecule has 2 atom stereocenters. The highest BCUT2D eigenvalue weighted by Gasteiger charge is 2.26. The second-order valence-corrected chi connectivity index (χ2v) is 9.42. The van der Waals surface area contributed by atoms with Crippen LogP contribution in [0.2, 0.25) is 0 Å². The molecule has 0 spiro atoms. The topological polar surface area (TPSA) is 145 Å². The van der Waals surface area contributed by atoms with E-state index in [2.05, 4.69) is 21.2 Å². The monoisotopic (exact) mass is 563 g/mol. The Morgan fingerprint density at radius 1 is 0.972 bits per heavy atom.